The monoisotopic (exact) mass is 406 g/mol. The van der Waals surface area contributed by atoms with E-state index < -0.39 is 23.3 Å². The van der Waals surface area contributed by atoms with Crippen molar-refractivity contribution < 1.29 is 27.1 Å². The van der Waals surface area contributed by atoms with Crippen molar-refractivity contribution in [2.24, 2.45) is 0 Å². The van der Waals surface area contributed by atoms with Crippen LogP contribution < -0.4 is 0 Å². The van der Waals surface area contributed by atoms with Gasteiger partial charge < -0.3 is 5.11 Å². The summed E-state index contributed by atoms with van der Waals surface area (Å²) in [7, 11) is 0. The van der Waals surface area contributed by atoms with Crippen molar-refractivity contribution in [3.63, 3.8) is 0 Å². The lowest BCUT2D eigenvalue weighted by Gasteiger charge is -2.35. The molecule has 7 heteroatoms. The van der Waals surface area contributed by atoms with Crippen molar-refractivity contribution in [3.8, 4) is 0 Å². The Bertz CT molecular complexity index is 710. The van der Waals surface area contributed by atoms with Crippen LogP contribution in [0.15, 0.2) is 65.1 Å². The number of hydrogen-bond acceptors (Lipinski definition) is 1. The molecule has 0 fully saturated rings. The normalized spacial score (nSPS) is 15.5. The second-order valence-corrected chi connectivity index (χ2v) is 6.01. The van der Waals surface area contributed by atoms with Gasteiger partial charge in [-0.2, -0.15) is 22.0 Å². The molecule has 128 valence electrons. The van der Waals surface area contributed by atoms with Gasteiger partial charge in [0.25, 0.3) is 0 Å². The summed E-state index contributed by atoms with van der Waals surface area (Å²) < 4.78 is 67.1. The molecule has 1 nitrogen and oxygen atoms in total. The minimum absolute atomic E-state index is 0.381. The topological polar surface area (TPSA) is 20.2 Å². The highest BCUT2D eigenvalue weighted by atomic mass is 79.9. The van der Waals surface area contributed by atoms with Crippen LogP contribution in [-0.2, 0) is 5.60 Å². The highest BCUT2D eigenvalue weighted by Crippen LogP contribution is 2.49. The average Bonchev–Trinajstić information content (AvgIpc) is 2.53. The van der Waals surface area contributed by atoms with E-state index in [1.165, 1.54) is 24.3 Å². The van der Waals surface area contributed by atoms with Crippen LogP contribution >= 0.6 is 15.9 Å². The molecule has 0 saturated heterocycles. The Morgan fingerprint density at radius 1 is 0.833 bits per heavy atom. The molecular formula is C17H12BrF5O. The molecule has 1 atom stereocenters. The van der Waals surface area contributed by atoms with E-state index >= 15 is 0 Å². The summed E-state index contributed by atoms with van der Waals surface area (Å²) in [5.74, 6) is -5.38. The van der Waals surface area contributed by atoms with Crippen LogP contribution in [0.1, 0.15) is 11.1 Å². The first kappa shape index (κ1) is 18.6. The second kappa shape index (κ2) is 6.64. The predicted octanol–water partition coefficient (Wildman–Crippen LogP) is 5.55. The van der Waals surface area contributed by atoms with E-state index in [2.05, 4.69) is 15.9 Å². The third-order valence-corrected chi connectivity index (χ3v) is 3.96. The number of hydrogen-bond donors (Lipinski definition) is 1. The Kier molecular flexibility index (Phi) is 5.15. The van der Waals surface area contributed by atoms with Crippen LogP contribution in [0.4, 0.5) is 22.0 Å². The average molecular weight is 407 g/mol. The van der Waals surface area contributed by atoms with Gasteiger partial charge in [0.15, 0.2) is 5.60 Å². The van der Waals surface area contributed by atoms with Gasteiger partial charge in [0.05, 0.1) is 0 Å². The molecule has 2 rings (SSSR count). The fourth-order valence-corrected chi connectivity index (χ4v) is 2.35. The fraction of sp³-hybridized carbons (Fsp3) is 0.176. The van der Waals surface area contributed by atoms with Crippen LogP contribution in [0.3, 0.4) is 0 Å². The van der Waals surface area contributed by atoms with E-state index in [1.54, 1.807) is 18.2 Å². The minimum Gasteiger partial charge on any atom is -0.375 e. The van der Waals surface area contributed by atoms with Gasteiger partial charge in [-0.1, -0.05) is 64.5 Å². The molecule has 0 aromatic heterocycles. The van der Waals surface area contributed by atoms with Crippen molar-refractivity contribution in [3.05, 3.63) is 76.3 Å². The molecule has 0 aliphatic carbocycles. The minimum atomic E-state index is -5.92. The Morgan fingerprint density at radius 2 is 1.38 bits per heavy atom. The number of aliphatic hydroxyl groups is 1. The standard InChI is InChI=1S/C17H12BrF5O/c18-14-8-6-13(7-9-14)15(24,16(19,20)17(21,22)23)11-10-12-4-2-1-3-5-12/h1-11,24H/b11-10+. The second-order valence-electron chi connectivity index (χ2n) is 5.09. The molecule has 1 N–H and O–H groups in total. The summed E-state index contributed by atoms with van der Waals surface area (Å²) in [6, 6.07) is 12.5. The Morgan fingerprint density at radius 3 is 1.88 bits per heavy atom. The van der Waals surface area contributed by atoms with Gasteiger partial charge in [-0.05, 0) is 29.3 Å². The molecule has 1 unspecified atom stereocenters. The number of halogens is 6. The molecule has 0 amide bonds. The third-order valence-electron chi connectivity index (χ3n) is 3.44. The van der Waals surface area contributed by atoms with Gasteiger partial charge in [0, 0.05) is 4.47 Å². The van der Waals surface area contributed by atoms with Crippen LogP contribution in [0.5, 0.6) is 0 Å². The lowest BCUT2D eigenvalue weighted by molar-refractivity contribution is -0.334. The molecule has 0 radical (unpaired) electrons. The molecular weight excluding hydrogens is 395 g/mol. The first-order valence-electron chi connectivity index (χ1n) is 6.75. The predicted molar refractivity (Wildman–Crippen MR) is 84.5 cm³/mol. The van der Waals surface area contributed by atoms with Gasteiger partial charge in [0.2, 0.25) is 0 Å². The quantitative estimate of drug-likeness (QED) is 0.660. The van der Waals surface area contributed by atoms with E-state index in [0.717, 1.165) is 18.2 Å². The van der Waals surface area contributed by atoms with Crippen LogP contribution in [0.2, 0.25) is 0 Å². The largest absolute Gasteiger partial charge is 0.457 e. The van der Waals surface area contributed by atoms with Crippen LogP contribution in [0.25, 0.3) is 6.08 Å². The van der Waals surface area contributed by atoms with E-state index in [9.17, 15) is 27.1 Å². The Hall–Kier alpha value is -1.73. The summed E-state index contributed by atoms with van der Waals surface area (Å²) in [6.07, 6.45) is -4.42. The lowest BCUT2D eigenvalue weighted by Crippen LogP contribution is -2.53. The van der Waals surface area contributed by atoms with Crippen LogP contribution in [-0.4, -0.2) is 17.2 Å². The molecule has 2 aromatic rings. The van der Waals surface area contributed by atoms with Gasteiger partial charge in [-0.25, -0.2) is 0 Å². The third kappa shape index (κ3) is 3.52. The summed E-state index contributed by atoms with van der Waals surface area (Å²) in [6.45, 7) is 0. The maximum Gasteiger partial charge on any atom is 0.457 e. The zero-order chi connectivity index (χ0) is 18.0. The molecule has 0 aliphatic rings. The van der Waals surface area contributed by atoms with Gasteiger partial charge in [-0.15, -0.1) is 0 Å². The van der Waals surface area contributed by atoms with Crippen molar-refractivity contribution in [1.82, 2.24) is 0 Å². The van der Waals surface area contributed by atoms with Gasteiger partial charge >= 0.3 is 12.1 Å². The zero-order valence-corrected chi connectivity index (χ0v) is 13.7. The van der Waals surface area contributed by atoms with Crippen molar-refractivity contribution in [1.29, 1.82) is 0 Å². The molecule has 0 bridgehead atoms. The number of rotatable bonds is 4. The molecule has 24 heavy (non-hydrogen) atoms. The maximum absolute atomic E-state index is 14.0. The zero-order valence-electron chi connectivity index (χ0n) is 12.1. The number of benzene rings is 2. The highest BCUT2D eigenvalue weighted by molar-refractivity contribution is 9.10. The first-order chi connectivity index (χ1) is 11.1. The van der Waals surface area contributed by atoms with E-state index in [0.29, 0.717) is 16.1 Å². The Labute approximate surface area is 143 Å². The molecule has 0 heterocycles. The first-order valence-corrected chi connectivity index (χ1v) is 7.54. The summed E-state index contributed by atoms with van der Waals surface area (Å²) in [5, 5.41) is 10.3. The maximum atomic E-state index is 14.0. The highest BCUT2D eigenvalue weighted by Gasteiger charge is 2.69. The van der Waals surface area contributed by atoms with E-state index in [1.807, 2.05) is 0 Å². The van der Waals surface area contributed by atoms with Crippen molar-refractivity contribution in [2.45, 2.75) is 17.7 Å². The molecule has 0 spiro atoms. The van der Waals surface area contributed by atoms with E-state index in [4.69, 9.17) is 0 Å². The van der Waals surface area contributed by atoms with E-state index in [-0.39, 0.29) is 0 Å². The van der Waals surface area contributed by atoms with Crippen molar-refractivity contribution >= 4 is 22.0 Å². The number of alkyl halides is 5. The molecule has 0 aliphatic heterocycles. The fourth-order valence-electron chi connectivity index (χ4n) is 2.08. The Balaban J connectivity index is 2.57. The van der Waals surface area contributed by atoms with Crippen LogP contribution in [0, 0.1) is 0 Å². The smallest absolute Gasteiger partial charge is 0.375 e. The summed E-state index contributed by atoms with van der Waals surface area (Å²) >= 11 is 3.07. The summed E-state index contributed by atoms with van der Waals surface area (Å²) in [4.78, 5) is 0. The molecule has 0 saturated carbocycles. The SMILES string of the molecule is OC(/C=C/c1ccccc1)(c1ccc(Br)cc1)C(F)(F)C(F)(F)F. The van der Waals surface area contributed by atoms with Gasteiger partial charge in [0.1, 0.15) is 0 Å². The van der Waals surface area contributed by atoms with Crippen molar-refractivity contribution in [2.75, 3.05) is 0 Å². The molecule has 2 aromatic carbocycles. The summed E-state index contributed by atoms with van der Waals surface area (Å²) in [5.41, 5.74) is -3.73. The lowest BCUT2D eigenvalue weighted by atomic mass is 9.86. The van der Waals surface area contributed by atoms with Gasteiger partial charge in [-0.3, -0.25) is 0 Å².